The van der Waals surface area contributed by atoms with Crippen LogP contribution in [0.4, 0.5) is 15.8 Å². The van der Waals surface area contributed by atoms with Crippen molar-refractivity contribution in [2.45, 2.75) is 18.8 Å². The van der Waals surface area contributed by atoms with E-state index in [0.29, 0.717) is 22.2 Å². The van der Waals surface area contributed by atoms with Crippen LogP contribution in [0.5, 0.6) is 0 Å². The van der Waals surface area contributed by atoms with Crippen LogP contribution < -0.4 is 15.1 Å². The van der Waals surface area contributed by atoms with E-state index >= 15 is 0 Å². The topological polar surface area (TPSA) is 120 Å². The maximum absolute atomic E-state index is 13.6. The molecule has 1 amide bonds. The van der Waals surface area contributed by atoms with E-state index in [-0.39, 0.29) is 39.0 Å². The molecular weight excluding hydrogens is 534 g/mol. The zero-order valence-electron chi connectivity index (χ0n) is 20.4. The molecule has 1 aromatic heterocycles. The minimum Gasteiger partial charge on any atom is -0.455 e. The van der Waals surface area contributed by atoms with Crippen LogP contribution in [0.15, 0.2) is 59.0 Å². The summed E-state index contributed by atoms with van der Waals surface area (Å²) < 4.78 is 47.1. The first-order valence-electron chi connectivity index (χ1n) is 11.7. The van der Waals surface area contributed by atoms with Crippen molar-refractivity contribution >= 4 is 62.5 Å². The van der Waals surface area contributed by atoms with Crippen molar-refractivity contribution in [3.63, 3.8) is 0 Å². The molecule has 0 unspecified atom stereocenters. The fraction of sp³-hybridized carbons (Fsp3) is 0.192. The number of carbonyl (C=O) groups is 1. The van der Waals surface area contributed by atoms with Gasteiger partial charge in [-0.25, -0.2) is 17.1 Å². The van der Waals surface area contributed by atoms with Crippen LogP contribution >= 0.6 is 11.6 Å². The first-order chi connectivity index (χ1) is 18.0. The van der Waals surface area contributed by atoms with Gasteiger partial charge in [-0.15, -0.1) is 0 Å². The number of nitrogens with one attached hydrogen (secondary N) is 1. The highest BCUT2D eigenvalue weighted by Gasteiger charge is 2.34. The van der Waals surface area contributed by atoms with Crippen molar-refractivity contribution in [3.8, 4) is 11.3 Å². The molecule has 4 aromatic rings. The molecule has 3 aromatic carbocycles. The van der Waals surface area contributed by atoms with Gasteiger partial charge >= 0.3 is 7.12 Å². The number of carbonyl (C=O) groups excluding carboxylic acids is 1. The largest absolute Gasteiger partial charge is 0.489 e. The summed E-state index contributed by atoms with van der Waals surface area (Å²) in [6, 6.07) is 13.0. The molecule has 1 aliphatic carbocycles. The Bertz CT molecular complexity index is 1670. The third-order valence-electron chi connectivity index (χ3n) is 6.46. The molecule has 0 bridgehead atoms. The average Bonchev–Trinajstić information content (AvgIpc) is 3.63. The number of benzene rings is 3. The third kappa shape index (κ3) is 4.78. The van der Waals surface area contributed by atoms with Gasteiger partial charge in [-0.3, -0.25) is 4.79 Å². The zero-order valence-corrected chi connectivity index (χ0v) is 22.0. The molecule has 12 heteroatoms. The summed E-state index contributed by atoms with van der Waals surface area (Å²) in [5, 5.41) is 22.2. The Morgan fingerprint density at radius 3 is 2.37 bits per heavy atom. The Morgan fingerprint density at radius 2 is 1.82 bits per heavy atom. The van der Waals surface area contributed by atoms with Crippen molar-refractivity contribution in [1.29, 1.82) is 0 Å². The molecule has 0 aliphatic heterocycles. The lowest BCUT2D eigenvalue weighted by Gasteiger charge is -2.26. The second-order valence-electron chi connectivity index (χ2n) is 9.18. The number of hydrogen-bond donors (Lipinski definition) is 3. The summed E-state index contributed by atoms with van der Waals surface area (Å²) in [4.78, 5) is 13.0. The van der Waals surface area contributed by atoms with Crippen molar-refractivity contribution < 1.29 is 32.1 Å². The Kier molecular flexibility index (Phi) is 6.72. The fourth-order valence-corrected chi connectivity index (χ4v) is 5.85. The second-order valence-corrected chi connectivity index (χ2v) is 11.4. The van der Waals surface area contributed by atoms with Crippen LogP contribution in [-0.2, 0) is 10.0 Å². The lowest BCUT2D eigenvalue weighted by molar-refractivity contribution is 0.0964. The average molecular weight is 557 g/mol. The van der Waals surface area contributed by atoms with Crippen LogP contribution in [-0.4, -0.2) is 44.8 Å². The number of rotatable bonds is 7. The van der Waals surface area contributed by atoms with Crippen LogP contribution in [0, 0.1) is 5.82 Å². The number of nitrogens with zero attached hydrogens (tertiary/aromatic N) is 1. The normalized spacial score (nSPS) is 13.5. The zero-order chi connectivity index (χ0) is 27.4. The lowest BCUT2D eigenvalue weighted by Crippen LogP contribution is -2.32. The lowest BCUT2D eigenvalue weighted by atomic mass is 9.80. The van der Waals surface area contributed by atoms with Gasteiger partial charge in [-0.2, -0.15) is 0 Å². The number of anilines is 2. The molecule has 1 fully saturated rings. The van der Waals surface area contributed by atoms with Gasteiger partial charge in [-0.05, 0) is 66.8 Å². The highest BCUT2D eigenvalue weighted by atomic mass is 35.5. The summed E-state index contributed by atoms with van der Waals surface area (Å²) >= 11 is 6.24. The van der Waals surface area contributed by atoms with Crippen LogP contribution in [0.2, 0.25) is 5.02 Å². The number of fused-ring (bicyclic) bond motifs is 1. The summed E-state index contributed by atoms with van der Waals surface area (Å²) in [6.07, 6.45) is 2.73. The fourth-order valence-electron chi connectivity index (χ4n) is 4.56. The van der Waals surface area contributed by atoms with Crippen LogP contribution in [0.3, 0.4) is 0 Å². The minimum absolute atomic E-state index is 0.0151. The molecule has 196 valence electrons. The predicted octanol–water partition coefficient (Wildman–Crippen LogP) is 3.91. The van der Waals surface area contributed by atoms with E-state index in [2.05, 4.69) is 5.32 Å². The van der Waals surface area contributed by atoms with Gasteiger partial charge in [-0.1, -0.05) is 17.7 Å². The van der Waals surface area contributed by atoms with Crippen molar-refractivity contribution in [2.24, 2.45) is 0 Å². The molecule has 38 heavy (non-hydrogen) atoms. The Labute approximate surface area is 223 Å². The number of furan rings is 1. The Hall–Kier alpha value is -3.38. The van der Waals surface area contributed by atoms with Gasteiger partial charge in [0.15, 0.2) is 0 Å². The van der Waals surface area contributed by atoms with E-state index in [4.69, 9.17) is 16.0 Å². The molecule has 1 saturated carbocycles. The molecule has 0 atom stereocenters. The maximum atomic E-state index is 13.6. The predicted molar refractivity (Wildman–Crippen MR) is 145 cm³/mol. The van der Waals surface area contributed by atoms with Gasteiger partial charge in [0, 0.05) is 34.5 Å². The van der Waals surface area contributed by atoms with E-state index in [1.165, 1.54) is 49.5 Å². The van der Waals surface area contributed by atoms with E-state index in [1.807, 2.05) is 0 Å². The van der Waals surface area contributed by atoms with Crippen molar-refractivity contribution in [2.75, 3.05) is 17.6 Å². The van der Waals surface area contributed by atoms with Crippen LogP contribution in [0.25, 0.3) is 22.3 Å². The molecule has 0 radical (unpaired) electrons. The van der Waals surface area contributed by atoms with E-state index in [1.54, 1.807) is 12.1 Å². The quantitative estimate of drug-likeness (QED) is 0.297. The summed E-state index contributed by atoms with van der Waals surface area (Å²) in [7, 11) is -4.24. The van der Waals surface area contributed by atoms with Crippen LogP contribution in [0.1, 0.15) is 34.7 Å². The SMILES string of the molecule is CNC(=O)c1c(-c2ccc(F)cc2)oc2cc(N(c3ccc(B(O)O)c(Cl)c3)S(C)(=O)=O)c(C3CC3)cc12. The minimum atomic E-state index is -3.91. The number of halogens is 2. The smallest absolute Gasteiger partial charge is 0.455 e. The number of amides is 1. The highest BCUT2D eigenvalue weighted by Crippen LogP contribution is 2.49. The van der Waals surface area contributed by atoms with Gasteiger partial charge in [0.05, 0.1) is 23.2 Å². The van der Waals surface area contributed by atoms with E-state index in [0.717, 1.165) is 23.4 Å². The standard InChI is InChI=1S/C26H23BClFN2O6S/c1-30-26(32)24-19-12-18(14-3-4-14)22(13-23(19)37-25(24)15-5-7-16(29)8-6-15)31(38(2,35)36)17-9-10-20(27(33)34)21(28)11-17/h5-14,33-34H,3-4H2,1-2H3,(H,30,32). The van der Waals surface area contributed by atoms with Crippen molar-refractivity contribution in [1.82, 2.24) is 5.32 Å². The number of sulfonamides is 1. The Morgan fingerprint density at radius 1 is 1.13 bits per heavy atom. The maximum Gasteiger partial charge on any atom is 0.489 e. The molecular formula is C26H23BClFN2O6S. The first kappa shape index (κ1) is 26.2. The molecule has 8 nitrogen and oxygen atoms in total. The molecule has 1 aliphatic rings. The van der Waals surface area contributed by atoms with E-state index < -0.39 is 28.9 Å². The summed E-state index contributed by atoms with van der Waals surface area (Å²) in [5.74, 6) is -0.544. The molecule has 5 rings (SSSR count). The van der Waals surface area contributed by atoms with Gasteiger partial charge in [0.25, 0.3) is 5.91 Å². The highest BCUT2D eigenvalue weighted by molar-refractivity contribution is 7.92. The molecule has 0 saturated heterocycles. The van der Waals surface area contributed by atoms with Crippen molar-refractivity contribution in [3.05, 3.63) is 76.6 Å². The van der Waals surface area contributed by atoms with Gasteiger partial charge in [0.1, 0.15) is 17.2 Å². The molecule has 0 spiro atoms. The third-order valence-corrected chi connectivity index (χ3v) is 7.86. The summed E-state index contributed by atoms with van der Waals surface area (Å²) in [6.45, 7) is 0. The van der Waals surface area contributed by atoms with Gasteiger partial charge in [0.2, 0.25) is 10.0 Å². The second kappa shape index (κ2) is 9.74. The monoisotopic (exact) mass is 556 g/mol. The molecule has 1 heterocycles. The van der Waals surface area contributed by atoms with Gasteiger partial charge < -0.3 is 19.8 Å². The molecule has 3 N–H and O–H groups in total. The Balaban J connectivity index is 1.77. The first-order valence-corrected chi connectivity index (χ1v) is 14.0. The van der Waals surface area contributed by atoms with E-state index in [9.17, 15) is 27.7 Å². The summed E-state index contributed by atoms with van der Waals surface area (Å²) in [5.41, 5.74) is 2.29. The number of hydrogen-bond acceptors (Lipinski definition) is 6.